The third-order valence-electron chi connectivity index (χ3n) is 4.87. The molecule has 3 rings (SSSR count). The molecule has 11 heteroatoms. The summed E-state index contributed by atoms with van der Waals surface area (Å²) in [5, 5.41) is 19.3. The Labute approximate surface area is 222 Å². The molecule has 0 bridgehead atoms. The zero-order valence-corrected chi connectivity index (χ0v) is 22.6. The predicted molar refractivity (Wildman–Crippen MR) is 121 cm³/mol. The molecule has 2 aromatic carbocycles. The van der Waals surface area contributed by atoms with Gasteiger partial charge < -0.3 is 9.84 Å². The summed E-state index contributed by atoms with van der Waals surface area (Å²) in [4.78, 5) is 7.90. The fourth-order valence-electron chi connectivity index (χ4n) is 2.99. The van der Waals surface area contributed by atoms with Gasteiger partial charge in [-0.05, 0) is 35.4 Å². The number of benzene rings is 2. The number of phenols is 1. The van der Waals surface area contributed by atoms with Gasteiger partial charge in [0, 0.05) is 56.1 Å². The summed E-state index contributed by atoms with van der Waals surface area (Å²) in [5.41, 5.74) is 2.09. The van der Waals surface area contributed by atoms with Crippen molar-refractivity contribution in [1.82, 2.24) is 9.97 Å². The van der Waals surface area contributed by atoms with Gasteiger partial charge in [-0.3, -0.25) is 4.72 Å². The fourth-order valence-corrected chi connectivity index (χ4v) is 3.65. The number of nitriles is 1. The maximum absolute atomic E-state index is 11.2. The first-order valence-corrected chi connectivity index (χ1v) is 11.7. The van der Waals surface area contributed by atoms with Crippen molar-refractivity contribution in [2.75, 3.05) is 11.0 Å². The van der Waals surface area contributed by atoms with Crippen LogP contribution in [-0.2, 0) is 54.8 Å². The van der Waals surface area contributed by atoms with Gasteiger partial charge in [0.15, 0.2) is 5.75 Å². The van der Waals surface area contributed by atoms with Crippen LogP contribution in [0.1, 0.15) is 36.1 Å². The van der Waals surface area contributed by atoms with E-state index in [9.17, 15) is 18.8 Å². The third-order valence-corrected chi connectivity index (χ3v) is 5.71. The predicted octanol–water partition coefficient (Wildman–Crippen LogP) is 3.98. The van der Waals surface area contributed by atoms with Crippen LogP contribution in [0.25, 0.3) is 0 Å². The summed E-state index contributed by atoms with van der Waals surface area (Å²) in [5.74, 6) is 0.405. The van der Waals surface area contributed by atoms with Gasteiger partial charge in [0.05, 0.1) is 16.8 Å². The zero-order valence-electron chi connectivity index (χ0n) is 18.2. The molecule has 0 saturated heterocycles. The number of ether oxygens (including phenoxy) is 1. The Hall–Kier alpha value is -2.25. The van der Waals surface area contributed by atoms with Crippen LogP contribution >= 0.6 is 11.6 Å². The van der Waals surface area contributed by atoms with Crippen molar-refractivity contribution < 1.29 is 51.0 Å². The maximum atomic E-state index is 11.2. The van der Waals surface area contributed by atoms with E-state index in [4.69, 9.17) is 16.3 Å². The average molecular weight is 562 g/mol. The number of nitrogens with zero attached hydrogens (tertiary/aromatic N) is 3. The second-order valence-electron chi connectivity index (χ2n) is 7.69. The number of sulfonamides is 1. The standard InChI is InChI=1S/C22H21ClN4O4S.Y/c1-22(2,17-8-15(10-24)20(28)19(23)9-17)16-4-6-18(7-5-16)31-13-14-11-25-21(26-12-14)27-32(3,29)30;/h4-9,11-12,28H,13H2,1-3H3,(H,25,26,27);. The largest absolute Gasteiger partial charge is 0.505 e. The van der Waals surface area contributed by atoms with Gasteiger partial charge in [0.25, 0.3) is 0 Å². The van der Waals surface area contributed by atoms with Crippen LogP contribution in [-0.4, -0.2) is 29.7 Å². The molecule has 2 N–H and O–H groups in total. The fraction of sp³-hybridized carbons (Fsp3) is 0.227. The molecule has 0 atom stereocenters. The summed E-state index contributed by atoms with van der Waals surface area (Å²) in [6, 6.07) is 12.7. The van der Waals surface area contributed by atoms with E-state index in [0.29, 0.717) is 11.3 Å². The number of aromatic nitrogens is 2. The van der Waals surface area contributed by atoms with Crippen molar-refractivity contribution in [3.63, 3.8) is 0 Å². The number of halogens is 1. The molecule has 0 aliphatic carbocycles. The first-order chi connectivity index (χ1) is 15.0. The molecule has 0 aliphatic rings. The maximum Gasteiger partial charge on any atom is 0.236 e. The Morgan fingerprint density at radius 1 is 1.15 bits per heavy atom. The van der Waals surface area contributed by atoms with Crippen molar-refractivity contribution in [3.8, 4) is 17.6 Å². The van der Waals surface area contributed by atoms with E-state index in [1.54, 1.807) is 12.1 Å². The number of nitrogens with one attached hydrogen (secondary N) is 1. The van der Waals surface area contributed by atoms with E-state index in [0.717, 1.165) is 17.4 Å². The molecule has 3 aromatic rings. The minimum atomic E-state index is -3.43. The molecule has 169 valence electrons. The number of hydrogen-bond acceptors (Lipinski definition) is 7. The van der Waals surface area contributed by atoms with E-state index >= 15 is 0 Å². The molecule has 33 heavy (non-hydrogen) atoms. The van der Waals surface area contributed by atoms with Crippen LogP contribution in [0.4, 0.5) is 5.95 Å². The quantitative estimate of drug-likeness (QED) is 0.447. The SMILES string of the molecule is CC(C)(c1ccc(OCc2cnc(NS(C)(=O)=O)nc2)cc1)c1cc(Cl)c(O)c(C#N)c1.[Y]. The van der Waals surface area contributed by atoms with Gasteiger partial charge >= 0.3 is 0 Å². The van der Waals surface area contributed by atoms with Gasteiger partial charge in [0.1, 0.15) is 18.4 Å². The van der Waals surface area contributed by atoms with Gasteiger partial charge in [-0.1, -0.05) is 37.6 Å². The first-order valence-electron chi connectivity index (χ1n) is 9.45. The summed E-state index contributed by atoms with van der Waals surface area (Å²) < 4.78 is 30.4. The molecule has 1 radical (unpaired) electrons. The number of rotatable bonds is 7. The van der Waals surface area contributed by atoms with E-state index in [-0.39, 0.29) is 61.6 Å². The van der Waals surface area contributed by atoms with E-state index in [1.165, 1.54) is 12.4 Å². The minimum Gasteiger partial charge on any atom is -0.505 e. The van der Waals surface area contributed by atoms with Crippen molar-refractivity contribution in [1.29, 1.82) is 5.26 Å². The number of anilines is 1. The number of hydrogen-bond donors (Lipinski definition) is 2. The summed E-state index contributed by atoms with van der Waals surface area (Å²) in [6.45, 7) is 4.20. The van der Waals surface area contributed by atoms with Crippen LogP contribution in [0.3, 0.4) is 0 Å². The second-order valence-corrected chi connectivity index (χ2v) is 9.85. The van der Waals surface area contributed by atoms with Crippen LogP contribution in [0, 0.1) is 11.3 Å². The van der Waals surface area contributed by atoms with E-state index in [1.807, 2.05) is 44.2 Å². The smallest absolute Gasteiger partial charge is 0.236 e. The average Bonchev–Trinajstić information content (AvgIpc) is 2.74. The normalized spacial score (nSPS) is 11.2. The molecule has 1 heterocycles. The topological polar surface area (TPSA) is 125 Å². The Kier molecular flexibility index (Phi) is 8.83. The summed E-state index contributed by atoms with van der Waals surface area (Å²) in [7, 11) is -3.43. The Morgan fingerprint density at radius 3 is 2.30 bits per heavy atom. The number of aromatic hydroxyl groups is 1. The van der Waals surface area contributed by atoms with Gasteiger partial charge in [-0.15, -0.1) is 0 Å². The molecule has 0 unspecified atom stereocenters. The van der Waals surface area contributed by atoms with Crippen molar-refractivity contribution in [2.24, 2.45) is 0 Å². The zero-order chi connectivity index (χ0) is 23.5. The van der Waals surface area contributed by atoms with Crippen molar-refractivity contribution in [2.45, 2.75) is 25.9 Å². The minimum absolute atomic E-state index is 0. The number of phenolic OH excluding ortho intramolecular Hbond substituents is 1. The van der Waals surface area contributed by atoms with Gasteiger partial charge in [0.2, 0.25) is 16.0 Å². The molecular formula is C22H21ClN4O4SY. The van der Waals surface area contributed by atoms with Crippen LogP contribution in [0.2, 0.25) is 5.02 Å². The summed E-state index contributed by atoms with van der Waals surface area (Å²) >= 11 is 6.09. The molecule has 0 amide bonds. The van der Waals surface area contributed by atoms with Crippen LogP contribution in [0.15, 0.2) is 48.8 Å². The van der Waals surface area contributed by atoms with Gasteiger partial charge in [-0.25, -0.2) is 18.4 Å². The molecule has 0 spiro atoms. The third kappa shape index (κ3) is 6.87. The van der Waals surface area contributed by atoms with Crippen molar-refractivity contribution >= 4 is 27.6 Å². The van der Waals surface area contributed by atoms with Crippen molar-refractivity contribution in [3.05, 3.63) is 76.1 Å². The first kappa shape index (κ1) is 27.0. The second kappa shape index (κ2) is 10.8. The monoisotopic (exact) mass is 561 g/mol. The molecule has 0 fully saturated rings. The molecule has 0 saturated carbocycles. The molecular weight excluding hydrogens is 541 g/mol. The molecule has 8 nitrogen and oxygen atoms in total. The Morgan fingerprint density at radius 2 is 1.76 bits per heavy atom. The Balaban J connectivity index is 0.00000385. The summed E-state index contributed by atoms with van der Waals surface area (Å²) in [6.07, 6.45) is 4.00. The molecule has 0 aliphatic heterocycles. The molecule has 1 aromatic heterocycles. The van der Waals surface area contributed by atoms with Crippen LogP contribution in [0.5, 0.6) is 11.5 Å². The Bertz CT molecular complexity index is 1280. The van der Waals surface area contributed by atoms with Gasteiger partial charge in [-0.2, -0.15) is 5.26 Å². The van der Waals surface area contributed by atoms with Crippen LogP contribution < -0.4 is 9.46 Å². The van der Waals surface area contributed by atoms with E-state index < -0.39 is 15.4 Å². The van der Waals surface area contributed by atoms with E-state index in [2.05, 4.69) is 14.7 Å².